The molecule has 2 amide bonds. The average Bonchev–Trinajstić information content (AvgIpc) is 2.98. The molecule has 0 saturated carbocycles. The number of amides is 2. The molecule has 0 aliphatic heterocycles. The molecule has 8 nitrogen and oxygen atoms in total. The highest BCUT2D eigenvalue weighted by atomic mass is 16.2. The Hall–Kier alpha value is -4.66. The van der Waals surface area contributed by atoms with Crippen molar-refractivity contribution >= 4 is 45.9 Å². The summed E-state index contributed by atoms with van der Waals surface area (Å²) in [4.78, 5) is 28.5. The molecule has 0 fully saturated rings. The Labute approximate surface area is 254 Å². The first kappa shape index (κ1) is 31.3. The second-order valence-corrected chi connectivity index (χ2v) is 11.2. The number of anilines is 6. The SMILES string of the molecule is CCC(NC(C)(N)CC(=O)Nc1ccc(Nc2ccccc2)cc1)C(=O)N(c1ccc(Nc2ccccc2)cc1)C(C)C. The van der Waals surface area contributed by atoms with E-state index in [-0.39, 0.29) is 24.3 Å². The fraction of sp³-hybridized carbons (Fsp3) is 0.257. The van der Waals surface area contributed by atoms with Crippen LogP contribution < -0.4 is 31.9 Å². The maximum Gasteiger partial charge on any atom is 0.244 e. The molecule has 0 bridgehead atoms. The molecule has 0 aromatic heterocycles. The van der Waals surface area contributed by atoms with Gasteiger partial charge in [-0.2, -0.15) is 0 Å². The standard InChI is InChI=1S/C35H42N6O2/c1-5-32(34(43)41(25(2)3)31-22-20-29(21-23-31)38-27-14-10-7-11-15-27)40-35(4,36)24-33(42)39-30-18-16-28(17-19-30)37-26-12-8-6-9-13-26/h6-23,25,32,37-38,40H,5,24,36H2,1-4H3,(H,39,42). The van der Waals surface area contributed by atoms with E-state index >= 15 is 0 Å². The molecule has 0 spiro atoms. The van der Waals surface area contributed by atoms with Crippen LogP contribution in [0, 0.1) is 0 Å². The number of carbonyl (C=O) groups is 2. The van der Waals surface area contributed by atoms with Gasteiger partial charge in [0.1, 0.15) is 0 Å². The van der Waals surface area contributed by atoms with Crippen molar-refractivity contribution < 1.29 is 9.59 Å². The van der Waals surface area contributed by atoms with Crippen LogP contribution in [0.1, 0.15) is 40.5 Å². The molecule has 0 aliphatic carbocycles. The lowest BCUT2D eigenvalue weighted by Gasteiger charge is -2.35. The van der Waals surface area contributed by atoms with E-state index in [1.807, 2.05) is 130 Å². The molecule has 8 heteroatoms. The predicted octanol–water partition coefficient (Wildman–Crippen LogP) is 6.99. The van der Waals surface area contributed by atoms with Crippen molar-refractivity contribution in [1.29, 1.82) is 0 Å². The summed E-state index contributed by atoms with van der Waals surface area (Å²) < 4.78 is 0. The van der Waals surface area contributed by atoms with Crippen LogP contribution in [-0.4, -0.2) is 29.6 Å². The smallest absolute Gasteiger partial charge is 0.244 e. The van der Waals surface area contributed by atoms with Crippen LogP contribution >= 0.6 is 0 Å². The second kappa shape index (κ2) is 14.5. The van der Waals surface area contributed by atoms with E-state index in [4.69, 9.17) is 5.73 Å². The highest BCUT2D eigenvalue weighted by Gasteiger charge is 2.32. The highest BCUT2D eigenvalue weighted by Crippen LogP contribution is 2.24. The van der Waals surface area contributed by atoms with Crippen LogP contribution in [0.4, 0.5) is 34.1 Å². The van der Waals surface area contributed by atoms with Crippen LogP contribution in [0.15, 0.2) is 109 Å². The average molecular weight is 579 g/mol. The maximum atomic E-state index is 13.8. The number of nitrogens with two attached hydrogens (primary N) is 1. The first-order valence-corrected chi connectivity index (χ1v) is 14.7. The summed E-state index contributed by atoms with van der Waals surface area (Å²) in [5, 5.41) is 12.8. The summed E-state index contributed by atoms with van der Waals surface area (Å²) in [5.74, 6) is -0.342. The molecule has 0 saturated heterocycles. The summed E-state index contributed by atoms with van der Waals surface area (Å²) in [6, 6.07) is 34.4. The van der Waals surface area contributed by atoms with Gasteiger partial charge in [0, 0.05) is 40.2 Å². The molecule has 2 atom stereocenters. The predicted molar refractivity (Wildman–Crippen MR) is 178 cm³/mol. The number of para-hydroxylation sites is 2. The number of nitrogens with one attached hydrogen (secondary N) is 4. The fourth-order valence-electron chi connectivity index (χ4n) is 4.89. The summed E-state index contributed by atoms with van der Waals surface area (Å²) in [5.41, 5.74) is 10.7. The number of hydrogen-bond acceptors (Lipinski definition) is 6. The first-order chi connectivity index (χ1) is 20.6. The van der Waals surface area contributed by atoms with E-state index < -0.39 is 11.7 Å². The van der Waals surface area contributed by atoms with E-state index in [0.717, 1.165) is 28.4 Å². The van der Waals surface area contributed by atoms with Gasteiger partial charge in [0.15, 0.2) is 0 Å². The van der Waals surface area contributed by atoms with Crippen molar-refractivity contribution in [3.8, 4) is 0 Å². The van der Waals surface area contributed by atoms with Crippen molar-refractivity contribution in [1.82, 2.24) is 5.32 Å². The minimum absolute atomic E-state index is 0.0116. The Morgan fingerprint density at radius 2 is 1.16 bits per heavy atom. The number of rotatable bonds is 13. The third-order valence-corrected chi connectivity index (χ3v) is 6.93. The first-order valence-electron chi connectivity index (χ1n) is 14.7. The van der Waals surface area contributed by atoms with Gasteiger partial charge in [-0.05, 0) is 100.0 Å². The number of carbonyl (C=O) groups excluding carboxylic acids is 2. The van der Waals surface area contributed by atoms with Gasteiger partial charge in [-0.3, -0.25) is 14.9 Å². The summed E-state index contributed by atoms with van der Waals surface area (Å²) in [6.07, 6.45) is 0.502. The largest absolute Gasteiger partial charge is 0.356 e. The zero-order valence-corrected chi connectivity index (χ0v) is 25.3. The van der Waals surface area contributed by atoms with E-state index in [9.17, 15) is 9.59 Å². The molecular weight excluding hydrogens is 536 g/mol. The highest BCUT2D eigenvalue weighted by molar-refractivity contribution is 5.98. The van der Waals surface area contributed by atoms with Gasteiger partial charge in [-0.25, -0.2) is 0 Å². The molecule has 4 aromatic carbocycles. The van der Waals surface area contributed by atoms with E-state index in [0.29, 0.717) is 12.1 Å². The second-order valence-electron chi connectivity index (χ2n) is 11.2. The van der Waals surface area contributed by atoms with Crippen molar-refractivity contribution in [3.63, 3.8) is 0 Å². The zero-order chi connectivity index (χ0) is 30.8. The van der Waals surface area contributed by atoms with Crippen LogP contribution in [0.3, 0.4) is 0 Å². The molecule has 6 N–H and O–H groups in total. The van der Waals surface area contributed by atoms with Gasteiger partial charge in [-0.1, -0.05) is 43.3 Å². The van der Waals surface area contributed by atoms with Gasteiger partial charge < -0.3 is 26.6 Å². The monoisotopic (exact) mass is 578 g/mol. The molecule has 2 unspecified atom stereocenters. The zero-order valence-electron chi connectivity index (χ0n) is 25.3. The summed E-state index contributed by atoms with van der Waals surface area (Å²) in [7, 11) is 0. The van der Waals surface area contributed by atoms with Gasteiger partial charge in [0.2, 0.25) is 11.8 Å². The third-order valence-electron chi connectivity index (χ3n) is 6.93. The van der Waals surface area contributed by atoms with Crippen molar-refractivity contribution in [2.45, 2.75) is 58.3 Å². The van der Waals surface area contributed by atoms with Gasteiger partial charge in [0.05, 0.1) is 18.1 Å². The molecule has 0 radical (unpaired) electrons. The molecule has 0 heterocycles. The van der Waals surface area contributed by atoms with Crippen LogP contribution in [0.25, 0.3) is 0 Å². The lowest BCUT2D eigenvalue weighted by atomic mass is 10.0. The maximum absolute atomic E-state index is 13.8. The Morgan fingerprint density at radius 3 is 1.63 bits per heavy atom. The third kappa shape index (κ3) is 9.16. The molecule has 0 aliphatic rings. The van der Waals surface area contributed by atoms with Crippen molar-refractivity contribution in [3.05, 3.63) is 109 Å². The molecule has 224 valence electrons. The topological polar surface area (TPSA) is 112 Å². The van der Waals surface area contributed by atoms with Gasteiger partial charge >= 0.3 is 0 Å². The quantitative estimate of drug-likeness (QED) is 0.109. The molecule has 43 heavy (non-hydrogen) atoms. The lowest BCUT2D eigenvalue weighted by Crippen LogP contribution is -2.61. The van der Waals surface area contributed by atoms with Crippen molar-refractivity contribution in [2.75, 3.05) is 20.9 Å². The molecular formula is C35H42N6O2. The Kier molecular flexibility index (Phi) is 10.5. The van der Waals surface area contributed by atoms with Gasteiger partial charge in [-0.15, -0.1) is 0 Å². The lowest BCUT2D eigenvalue weighted by molar-refractivity contribution is -0.123. The minimum atomic E-state index is -1.11. The molecule has 4 aromatic rings. The summed E-state index contributed by atoms with van der Waals surface area (Å²) in [6.45, 7) is 7.63. The van der Waals surface area contributed by atoms with Crippen LogP contribution in [-0.2, 0) is 9.59 Å². The number of nitrogens with zero attached hydrogens (tertiary/aromatic N) is 1. The van der Waals surface area contributed by atoms with Crippen LogP contribution in [0.2, 0.25) is 0 Å². The van der Waals surface area contributed by atoms with E-state index in [1.54, 1.807) is 11.8 Å². The Balaban J connectivity index is 1.35. The Bertz CT molecular complexity index is 1460. The van der Waals surface area contributed by atoms with E-state index in [2.05, 4.69) is 21.3 Å². The van der Waals surface area contributed by atoms with Crippen molar-refractivity contribution in [2.24, 2.45) is 5.73 Å². The number of benzene rings is 4. The normalized spacial score (nSPS) is 13.1. The molecule has 4 rings (SSSR count). The van der Waals surface area contributed by atoms with Crippen LogP contribution in [0.5, 0.6) is 0 Å². The van der Waals surface area contributed by atoms with Gasteiger partial charge in [0.25, 0.3) is 0 Å². The fourth-order valence-corrected chi connectivity index (χ4v) is 4.89. The Morgan fingerprint density at radius 1 is 0.721 bits per heavy atom. The summed E-state index contributed by atoms with van der Waals surface area (Å²) >= 11 is 0. The number of hydrogen-bond donors (Lipinski definition) is 5. The van der Waals surface area contributed by atoms with E-state index in [1.165, 1.54) is 0 Å². The minimum Gasteiger partial charge on any atom is -0.356 e.